The van der Waals surface area contributed by atoms with Gasteiger partial charge in [0.2, 0.25) is 5.76 Å². The Labute approximate surface area is 219 Å². The van der Waals surface area contributed by atoms with Crippen LogP contribution in [0.15, 0.2) is 106 Å². The van der Waals surface area contributed by atoms with E-state index in [9.17, 15) is 9.59 Å². The maximum Gasteiger partial charge on any atom is 0.295 e. The summed E-state index contributed by atoms with van der Waals surface area (Å²) in [5.41, 5.74) is 3.95. The summed E-state index contributed by atoms with van der Waals surface area (Å²) in [6.07, 6.45) is 0. The summed E-state index contributed by atoms with van der Waals surface area (Å²) in [4.78, 5) is 29.2. The van der Waals surface area contributed by atoms with Gasteiger partial charge in [-0.15, -0.1) is 0 Å². The minimum absolute atomic E-state index is 0.0663. The van der Waals surface area contributed by atoms with E-state index in [1.807, 2.05) is 67.6 Å². The molecular weight excluding hydrogens is 478 g/mol. The van der Waals surface area contributed by atoms with Gasteiger partial charge in [-0.3, -0.25) is 14.5 Å². The Hall–Kier alpha value is -4.84. The molecule has 0 spiro atoms. The molecule has 0 aliphatic carbocycles. The van der Waals surface area contributed by atoms with E-state index in [1.165, 1.54) is 0 Å². The van der Waals surface area contributed by atoms with Gasteiger partial charge in [-0.1, -0.05) is 54.1 Å². The van der Waals surface area contributed by atoms with Gasteiger partial charge in [0.05, 0.1) is 24.1 Å². The van der Waals surface area contributed by atoms with Crippen molar-refractivity contribution >= 4 is 22.6 Å². The SMILES string of the molecule is COc1ccc(N2C(=O)c3oc4ccc(C)cc4c(=O)c3C2c2ccc(OCc3ccccc3)cc2)cc1. The predicted molar refractivity (Wildman–Crippen MR) is 146 cm³/mol. The average Bonchev–Trinajstić information content (AvgIpc) is 3.25. The molecule has 6 heteroatoms. The number of nitrogens with zero attached hydrogens (tertiary/aromatic N) is 1. The zero-order valence-electron chi connectivity index (χ0n) is 21.0. The highest BCUT2D eigenvalue weighted by Crippen LogP contribution is 2.42. The lowest BCUT2D eigenvalue weighted by atomic mass is 9.97. The van der Waals surface area contributed by atoms with Gasteiger partial charge in [0.1, 0.15) is 23.7 Å². The van der Waals surface area contributed by atoms with Gasteiger partial charge in [0, 0.05) is 5.69 Å². The van der Waals surface area contributed by atoms with Crippen molar-refractivity contribution in [3.63, 3.8) is 0 Å². The number of hydrogen-bond donors (Lipinski definition) is 0. The lowest BCUT2D eigenvalue weighted by molar-refractivity contribution is 0.0971. The Morgan fingerprint density at radius 2 is 1.55 bits per heavy atom. The number of rotatable bonds is 6. The van der Waals surface area contributed by atoms with E-state index < -0.39 is 6.04 Å². The lowest BCUT2D eigenvalue weighted by Gasteiger charge is -2.25. The topological polar surface area (TPSA) is 69.0 Å². The molecule has 188 valence electrons. The van der Waals surface area contributed by atoms with Crippen molar-refractivity contribution in [1.29, 1.82) is 0 Å². The number of carbonyl (C=O) groups excluding carboxylic acids is 1. The number of carbonyl (C=O) groups is 1. The number of benzene rings is 4. The van der Waals surface area contributed by atoms with Crippen LogP contribution in [0.3, 0.4) is 0 Å². The van der Waals surface area contributed by atoms with E-state index in [0.29, 0.717) is 40.3 Å². The number of methoxy groups -OCH3 is 1. The molecule has 38 heavy (non-hydrogen) atoms. The molecule has 0 bridgehead atoms. The van der Waals surface area contributed by atoms with Crippen LogP contribution in [0.1, 0.15) is 38.9 Å². The van der Waals surface area contributed by atoms with E-state index >= 15 is 0 Å². The highest BCUT2D eigenvalue weighted by molar-refractivity contribution is 6.10. The molecule has 1 aliphatic rings. The molecule has 1 aliphatic heterocycles. The zero-order chi connectivity index (χ0) is 26.2. The summed E-state index contributed by atoms with van der Waals surface area (Å²) < 4.78 is 17.3. The lowest BCUT2D eigenvalue weighted by Crippen LogP contribution is -2.29. The smallest absolute Gasteiger partial charge is 0.295 e. The average molecular weight is 504 g/mol. The third-order valence-electron chi connectivity index (χ3n) is 6.82. The molecule has 1 unspecified atom stereocenters. The Morgan fingerprint density at radius 3 is 2.26 bits per heavy atom. The number of anilines is 1. The molecule has 5 aromatic rings. The molecule has 0 fully saturated rings. The maximum atomic E-state index is 13.8. The maximum absolute atomic E-state index is 13.8. The van der Waals surface area contributed by atoms with E-state index in [2.05, 4.69) is 0 Å². The second-order valence-electron chi connectivity index (χ2n) is 9.29. The quantitative estimate of drug-likeness (QED) is 0.267. The van der Waals surface area contributed by atoms with Gasteiger partial charge in [0.15, 0.2) is 5.43 Å². The zero-order valence-corrected chi connectivity index (χ0v) is 21.0. The van der Waals surface area contributed by atoms with Gasteiger partial charge >= 0.3 is 0 Å². The van der Waals surface area contributed by atoms with Crippen molar-refractivity contribution in [3.8, 4) is 11.5 Å². The van der Waals surface area contributed by atoms with Gasteiger partial charge in [-0.2, -0.15) is 0 Å². The van der Waals surface area contributed by atoms with E-state index in [-0.39, 0.29) is 17.1 Å². The van der Waals surface area contributed by atoms with Crippen LogP contribution < -0.4 is 19.8 Å². The first-order valence-electron chi connectivity index (χ1n) is 12.3. The number of amides is 1. The molecule has 2 heterocycles. The summed E-state index contributed by atoms with van der Waals surface area (Å²) >= 11 is 0. The van der Waals surface area contributed by atoms with E-state index in [1.54, 1.807) is 48.4 Å². The van der Waals surface area contributed by atoms with Crippen molar-refractivity contribution in [2.75, 3.05) is 12.0 Å². The summed E-state index contributed by atoms with van der Waals surface area (Å²) in [6, 6.07) is 29.4. The number of aryl methyl sites for hydroxylation is 1. The van der Waals surface area contributed by atoms with Gasteiger partial charge < -0.3 is 13.9 Å². The second-order valence-corrected chi connectivity index (χ2v) is 9.29. The van der Waals surface area contributed by atoms with Gasteiger partial charge in [0.25, 0.3) is 5.91 Å². The van der Waals surface area contributed by atoms with Crippen LogP contribution in [-0.2, 0) is 6.61 Å². The summed E-state index contributed by atoms with van der Waals surface area (Å²) in [7, 11) is 1.59. The van der Waals surface area contributed by atoms with Crippen molar-refractivity contribution in [3.05, 3.63) is 135 Å². The molecule has 6 rings (SSSR count). The fourth-order valence-electron chi connectivity index (χ4n) is 4.90. The molecule has 1 atom stereocenters. The molecule has 6 nitrogen and oxygen atoms in total. The van der Waals surface area contributed by atoms with Crippen LogP contribution >= 0.6 is 0 Å². The van der Waals surface area contributed by atoms with Crippen molar-refractivity contribution < 1.29 is 18.7 Å². The molecule has 0 saturated carbocycles. The highest BCUT2D eigenvalue weighted by atomic mass is 16.5. The van der Waals surface area contributed by atoms with Crippen molar-refractivity contribution in [2.45, 2.75) is 19.6 Å². The third kappa shape index (κ3) is 4.10. The molecule has 1 amide bonds. The Kier molecular flexibility index (Phi) is 5.92. The number of hydrogen-bond acceptors (Lipinski definition) is 5. The first-order valence-corrected chi connectivity index (χ1v) is 12.3. The Bertz CT molecular complexity index is 1690. The largest absolute Gasteiger partial charge is 0.497 e. The standard InChI is InChI=1S/C32H25NO5/c1-20-8-17-27-26(18-20)30(34)28-29(22-9-13-25(14-10-22)37-19-21-6-4-3-5-7-21)33(32(35)31(28)38-27)23-11-15-24(36-2)16-12-23/h3-18,29H,19H2,1-2H3. The fourth-order valence-corrected chi connectivity index (χ4v) is 4.90. The summed E-state index contributed by atoms with van der Waals surface area (Å²) in [5.74, 6) is 1.07. The molecule has 1 aromatic heterocycles. The Morgan fingerprint density at radius 1 is 0.842 bits per heavy atom. The van der Waals surface area contributed by atoms with Crippen LogP contribution in [0.25, 0.3) is 11.0 Å². The first-order chi connectivity index (χ1) is 18.5. The molecule has 0 saturated heterocycles. The normalized spacial score (nSPS) is 14.5. The monoisotopic (exact) mass is 503 g/mol. The minimum atomic E-state index is -0.657. The van der Waals surface area contributed by atoms with E-state index in [4.69, 9.17) is 13.9 Å². The summed E-state index contributed by atoms with van der Waals surface area (Å²) in [5, 5.41) is 0.459. The minimum Gasteiger partial charge on any atom is -0.497 e. The number of ether oxygens (including phenoxy) is 2. The van der Waals surface area contributed by atoms with Gasteiger partial charge in [-0.25, -0.2) is 0 Å². The molecular formula is C32H25NO5. The summed E-state index contributed by atoms with van der Waals surface area (Å²) in [6.45, 7) is 2.37. The van der Waals surface area contributed by atoms with Crippen LogP contribution in [0.2, 0.25) is 0 Å². The van der Waals surface area contributed by atoms with Crippen LogP contribution in [0.4, 0.5) is 5.69 Å². The van der Waals surface area contributed by atoms with Crippen LogP contribution in [0, 0.1) is 6.92 Å². The molecule has 0 N–H and O–H groups in total. The van der Waals surface area contributed by atoms with Crippen molar-refractivity contribution in [1.82, 2.24) is 0 Å². The number of fused-ring (bicyclic) bond motifs is 2. The molecule has 0 radical (unpaired) electrons. The first kappa shape index (κ1) is 23.6. The second kappa shape index (κ2) is 9.56. The van der Waals surface area contributed by atoms with Crippen molar-refractivity contribution in [2.24, 2.45) is 0 Å². The highest BCUT2D eigenvalue weighted by Gasteiger charge is 2.43. The third-order valence-corrected chi connectivity index (χ3v) is 6.82. The van der Waals surface area contributed by atoms with E-state index in [0.717, 1.165) is 16.7 Å². The van der Waals surface area contributed by atoms with Gasteiger partial charge in [-0.05, 0) is 66.6 Å². The Balaban J connectivity index is 1.44. The fraction of sp³-hybridized carbons (Fsp3) is 0.125. The van der Waals surface area contributed by atoms with Crippen LogP contribution in [0.5, 0.6) is 11.5 Å². The predicted octanol–water partition coefficient (Wildman–Crippen LogP) is 6.44. The molecule has 4 aromatic carbocycles. The van der Waals surface area contributed by atoms with Crippen LogP contribution in [-0.4, -0.2) is 13.0 Å².